The Kier molecular flexibility index (Phi) is 4.27. The van der Waals surface area contributed by atoms with Gasteiger partial charge >= 0.3 is 0 Å². The van der Waals surface area contributed by atoms with Crippen molar-refractivity contribution in [2.24, 2.45) is 0 Å². The molecular formula is C16H15FN2. The number of rotatable bonds is 4. The summed E-state index contributed by atoms with van der Waals surface area (Å²) < 4.78 is 13.6. The molecule has 0 aliphatic carbocycles. The molecule has 0 fully saturated rings. The summed E-state index contributed by atoms with van der Waals surface area (Å²) in [5, 5.41) is 12.1. The van der Waals surface area contributed by atoms with Gasteiger partial charge in [-0.25, -0.2) is 4.39 Å². The molecule has 19 heavy (non-hydrogen) atoms. The van der Waals surface area contributed by atoms with E-state index in [1.165, 1.54) is 6.07 Å². The molecule has 0 bridgehead atoms. The molecule has 0 radical (unpaired) electrons. The second-order valence-corrected chi connectivity index (χ2v) is 4.44. The van der Waals surface area contributed by atoms with Crippen molar-refractivity contribution in [3.05, 3.63) is 71.0 Å². The van der Waals surface area contributed by atoms with Gasteiger partial charge in [0.05, 0.1) is 11.6 Å². The molecule has 0 aromatic heterocycles. The summed E-state index contributed by atoms with van der Waals surface area (Å²) >= 11 is 0. The van der Waals surface area contributed by atoms with E-state index in [4.69, 9.17) is 5.26 Å². The topological polar surface area (TPSA) is 35.8 Å². The monoisotopic (exact) mass is 254 g/mol. The Morgan fingerprint density at radius 3 is 2.74 bits per heavy atom. The van der Waals surface area contributed by atoms with E-state index in [0.29, 0.717) is 17.7 Å². The Morgan fingerprint density at radius 2 is 2.00 bits per heavy atom. The smallest absolute Gasteiger partial charge is 0.127 e. The van der Waals surface area contributed by atoms with Gasteiger partial charge in [-0.15, -0.1) is 0 Å². The fourth-order valence-corrected chi connectivity index (χ4v) is 1.96. The van der Waals surface area contributed by atoms with E-state index in [0.717, 1.165) is 5.56 Å². The van der Waals surface area contributed by atoms with E-state index in [2.05, 4.69) is 11.4 Å². The largest absolute Gasteiger partial charge is 0.306 e. The lowest BCUT2D eigenvalue weighted by Gasteiger charge is -2.15. The number of nitriles is 1. The van der Waals surface area contributed by atoms with Crippen LogP contribution in [0.2, 0.25) is 0 Å². The molecule has 0 heterocycles. The van der Waals surface area contributed by atoms with Gasteiger partial charge in [0.1, 0.15) is 5.82 Å². The molecule has 0 saturated heterocycles. The van der Waals surface area contributed by atoms with Crippen LogP contribution in [0.25, 0.3) is 0 Å². The molecule has 3 heteroatoms. The first-order valence-electron chi connectivity index (χ1n) is 6.17. The highest BCUT2D eigenvalue weighted by Gasteiger charge is 2.09. The van der Waals surface area contributed by atoms with Crippen molar-refractivity contribution < 1.29 is 4.39 Å². The Balaban J connectivity index is 2.03. The third-order valence-corrected chi connectivity index (χ3v) is 3.04. The first-order chi connectivity index (χ1) is 9.20. The molecule has 2 nitrogen and oxygen atoms in total. The van der Waals surface area contributed by atoms with E-state index in [-0.39, 0.29) is 11.9 Å². The molecule has 0 aliphatic rings. The average molecular weight is 254 g/mol. The average Bonchev–Trinajstić information content (AvgIpc) is 2.45. The van der Waals surface area contributed by atoms with Crippen molar-refractivity contribution in [2.45, 2.75) is 19.5 Å². The van der Waals surface area contributed by atoms with Gasteiger partial charge in [0.15, 0.2) is 0 Å². The number of nitrogens with one attached hydrogen (secondary N) is 1. The fraction of sp³-hybridized carbons (Fsp3) is 0.188. The Labute approximate surface area is 112 Å². The summed E-state index contributed by atoms with van der Waals surface area (Å²) in [6, 6.07) is 16.2. The van der Waals surface area contributed by atoms with Crippen LogP contribution in [0, 0.1) is 17.1 Å². The van der Waals surface area contributed by atoms with E-state index in [1.54, 1.807) is 18.2 Å². The predicted octanol–water partition coefficient (Wildman–Crippen LogP) is 3.55. The molecule has 96 valence electrons. The van der Waals surface area contributed by atoms with E-state index in [9.17, 15) is 4.39 Å². The van der Waals surface area contributed by atoms with Crippen LogP contribution in [-0.2, 0) is 6.54 Å². The second-order valence-electron chi connectivity index (χ2n) is 4.44. The standard InChI is InChI=1S/C16H15FN2/c1-12(15-7-2-3-8-16(15)17)19-11-14-6-4-5-13(9-14)10-18/h2-9,12,19H,11H2,1H3. The Bertz CT molecular complexity index is 602. The van der Waals surface area contributed by atoms with Crippen molar-refractivity contribution in [1.29, 1.82) is 5.26 Å². The zero-order valence-electron chi connectivity index (χ0n) is 10.7. The summed E-state index contributed by atoms with van der Waals surface area (Å²) in [6.07, 6.45) is 0. The Hall–Kier alpha value is -2.18. The lowest BCUT2D eigenvalue weighted by molar-refractivity contribution is 0.528. The fourth-order valence-electron chi connectivity index (χ4n) is 1.96. The van der Waals surface area contributed by atoms with Crippen molar-refractivity contribution in [2.75, 3.05) is 0 Å². The van der Waals surface area contributed by atoms with Crippen LogP contribution in [0.15, 0.2) is 48.5 Å². The quantitative estimate of drug-likeness (QED) is 0.905. The minimum atomic E-state index is -0.201. The number of hydrogen-bond acceptors (Lipinski definition) is 2. The number of hydrogen-bond donors (Lipinski definition) is 1. The van der Waals surface area contributed by atoms with Gasteiger partial charge in [-0.05, 0) is 30.7 Å². The lowest BCUT2D eigenvalue weighted by Crippen LogP contribution is -2.19. The van der Waals surface area contributed by atoms with Crippen LogP contribution in [0.5, 0.6) is 0 Å². The molecule has 1 atom stereocenters. The molecule has 2 rings (SSSR count). The van der Waals surface area contributed by atoms with Crippen LogP contribution >= 0.6 is 0 Å². The normalized spacial score (nSPS) is 11.8. The highest BCUT2D eigenvalue weighted by Crippen LogP contribution is 2.16. The third kappa shape index (κ3) is 3.40. The van der Waals surface area contributed by atoms with Crippen LogP contribution in [0.1, 0.15) is 29.7 Å². The van der Waals surface area contributed by atoms with E-state index >= 15 is 0 Å². The van der Waals surface area contributed by atoms with Crippen LogP contribution in [-0.4, -0.2) is 0 Å². The van der Waals surface area contributed by atoms with Gasteiger partial charge in [-0.2, -0.15) is 5.26 Å². The summed E-state index contributed by atoms with van der Waals surface area (Å²) in [7, 11) is 0. The molecule has 1 unspecified atom stereocenters. The van der Waals surface area contributed by atoms with Gasteiger partial charge < -0.3 is 5.32 Å². The summed E-state index contributed by atoms with van der Waals surface area (Å²) in [5.41, 5.74) is 2.30. The molecule has 0 amide bonds. The minimum absolute atomic E-state index is 0.0769. The second kappa shape index (κ2) is 6.12. The minimum Gasteiger partial charge on any atom is -0.306 e. The van der Waals surface area contributed by atoms with Crippen molar-refractivity contribution in [3.8, 4) is 6.07 Å². The molecule has 0 saturated carbocycles. The van der Waals surface area contributed by atoms with E-state index in [1.807, 2.05) is 31.2 Å². The van der Waals surface area contributed by atoms with Gasteiger partial charge in [-0.3, -0.25) is 0 Å². The van der Waals surface area contributed by atoms with Crippen molar-refractivity contribution >= 4 is 0 Å². The zero-order valence-corrected chi connectivity index (χ0v) is 10.7. The first-order valence-corrected chi connectivity index (χ1v) is 6.17. The molecule has 2 aromatic rings. The van der Waals surface area contributed by atoms with Gasteiger partial charge in [-0.1, -0.05) is 30.3 Å². The SMILES string of the molecule is CC(NCc1cccc(C#N)c1)c1ccccc1F. The van der Waals surface area contributed by atoms with Gasteiger partial charge in [0.25, 0.3) is 0 Å². The highest BCUT2D eigenvalue weighted by molar-refractivity contribution is 5.32. The summed E-state index contributed by atoms with van der Waals surface area (Å²) in [4.78, 5) is 0. The van der Waals surface area contributed by atoms with Crippen LogP contribution < -0.4 is 5.32 Å². The van der Waals surface area contributed by atoms with Crippen LogP contribution in [0.4, 0.5) is 4.39 Å². The zero-order chi connectivity index (χ0) is 13.7. The summed E-state index contributed by atoms with van der Waals surface area (Å²) in [5.74, 6) is -0.201. The molecule has 1 N–H and O–H groups in total. The van der Waals surface area contributed by atoms with Crippen molar-refractivity contribution in [1.82, 2.24) is 5.32 Å². The maximum Gasteiger partial charge on any atom is 0.127 e. The lowest BCUT2D eigenvalue weighted by atomic mass is 10.1. The van der Waals surface area contributed by atoms with Crippen molar-refractivity contribution in [3.63, 3.8) is 0 Å². The molecule has 0 aliphatic heterocycles. The number of nitrogens with zero attached hydrogens (tertiary/aromatic N) is 1. The summed E-state index contributed by atoms with van der Waals surface area (Å²) in [6.45, 7) is 2.53. The maximum atomic E-state index is 13.6. The Morgan fingerprint density at radius 1 is 1.21 bits per heavy atom. The predicted molar refractivity (Wildman–Crippen MR) is 72.8 cm³/mol. The number of benzene rings is 2. The van der Waals surface area contributed by atoms with Crippen LogP contribution in [0.3, 0.4) is 0 Å². The first kappa shape index (κ1) is 13.3. The number of halogens is 1. The third-order valence-electron chi connectivity index (χ3n) is 3.04. The molecule has 0 spiro atoms. The molecular weight excluding hydrogens is 239 g/mol. The highest BCUT2D eigenvalue weighted by atomic mass is 19.1. The van der Waals surface area contributed by atoms with Gasteiger partial charge in [0.2, 0.25) is 0 Å². The van der Waals surface area contributed by atoms with E-state index < -0.39 is 0 Å². The maximum absolute atomic E-state index is 13.6. The van der Waals surface area contributed by atoms with Gasteiger partial charge in [0, 0.05) is 18.2 Å². The molecule has 2 aromatic carbocycles.